The van der Waals surface area contributed by atoms with Crippen LogP contribution in [0.15, 0.2) is 78.9 Å². The molecule has 3 aromatic carbocycles. The lowest BCUT2D eigenvalue weighted by atomic mass is 10.0. The lowest BCUT2D eigenvalue weighted by Crippen LogP contribution is -2.53. The molecule has 7 nitrogen and oxygen atoms in total. The van der Waals surface area contributed by atoms with Crippen LogP contribution < -0.4 is 9.62 Å². The minimum atomic E-state index is -3.83. The predicted molar refractivity (Wildman–Crippen MR) is 152 cm³/mol. The molecule has 0 bridgehead atoms. The minimum absolute atomic E-state index is 0.00316. The smallest absolute Gasteiger partial charge is 0.244 e. The zero-order valence-electron chi connectivity index (χ0n) is 22.6. The van der Waals surface area contributed by atoms with E-state index in [9.17, 15) is 22.4 Å². The predicted octanol–water partition coefficient (Wildman–Crippen LogP) is 4.46. The van der Waals surface area contributed by atoms with Crippen LogP contribution in [-0.4, -0.2) is 50.5 Å². The van der Waals surface area contributed by atoms with E-state index >= 15 is 0 Å². The number of benzene rings is 3. The van der Waals surface area contributed by atoms with E-state index < -0.39 is 34.3 Å². The van der Waals surface area contributed by atoms with Gasteiger partial charge in [-0.2, -0.15) is 0 Å². The summed E-state index contributed by atoms with van der Waals surface area (Å²) in [5.74, 6) is -1.29. The number of aryl methyl sites for hydroxylation is 1. The van der Waals surface area contributed by atoms with Crippen molar-refractivity contribution in [3.05, 3.63) is 101 Å². The van der Waals surface area contributed by atoms with Crippen LogP contribution in [0.5, 0.6) is 0 Å². The van der Waals surface area contributed by atoms with Gasteiger partial charge in [-0.25, -0.2) is 12.8 Å². The highest BCUT2D eigenvalue weighted by Gasteiger charge is 2.33. The molecule has 0 fully saturated rings. The van der Waals surface area contributed by atoms with E-state index in [1.54, 1.807) is 43.3 Å². The Bertz CT molecular complexity index is 1350. The summed E-state index contributed by atoms with van der Waals surface area (Å²) in [6.45, 7) is 3.76. The number of para-hydroxylation sites is 1. The molecule has 3 aromatic rings. The number of unbranched alkanes of at least 4 members (excludes halogenated alkanes) is 1. The average molecular weight is 554 g/mol. The number of anilines is 1. The Labute approximate surface area is 230 Å². The van der Waals surface area contributed by atoms with Gasteiger partial charge in [0.2, 0.25) is 21.8 Å². The summed E-state index contributed by atoms with van der Waals surface area (Å²) in [5.41, 5.74) is 2.55. The number of rotatable bonds is 13. The van der Waals surface area contributed by atoms with Crippen LogP contribution in [0.3, 0.4) is 0 Å². The molecule has 3 rings (SSSR count). The highest BCUT2D eigenvalue weighted by molar-refractivity contribution is 7.92. The van der Waals surface area contributed by atoms with Crippen molar-refractivity contribution in [3.63, 3.8) is 0 Å². The standard InChI is InChI=1S/C30H36FN3O4S/c1-4-5-19-32-30(36)28(20-24-12-7-6-8-13-24)33(21-25-15-17-26(31)18-16-25)29(35)22-34(39(3,37)38)27-14-10-9-11-23(27)2/h6-18,28H,4-5,19-22H2,1-3H3,(H,32,36). The molecule has 1 atom stereocenters. The second-order valence-electron chi connectivity index (χ2n) is 9.55. The molecule has 9 heteroatoms. The molecule has 0 aliphatic heterocycles. The molecule has 0 aromatic heterocycles. The largest absolute Gasteiger partial charge is 0.354 e. The molecule has 0 radical (unpaired) electrons. The lowest BCUT2D eigenvalue weighted by molar-refractivity contribution is -0.140. The number of carbonyl (C=O) groups is 2. The number of nitrogens with one attached hydrogen (secondary N) is 1. The molecule has 1 unspecified atom stereocenters. The molecule has 2 amide bonds. The van der Waals surface area contributed by atoms with E-state index in [0.29, 0.717) is 23.4 Å². The summed E-state index contributed by atoms with van der Waals surface area (Å²) in [6, 6.07) is 21.0. The first-order chi connectivity index (χ1) is 18.6. The Kier molecular flexibility index (Phi) is 10.6. The van der Waals surface area contributed by atoms with Crippen molar-refractivity contribution in [1.82, 2.24) is 10.2 Å². The molecule has 0 saturated carbocycles. The van der Waals surface area contributed by atoms with E-state index in [0.717, 1.165) is 29.0 Å². The number of hydrogen-bond donors (Lipinski definition) is 1. The van der Waals surface area contributed by atoms with Crippen molar-refractivity contribution < 1.29 is 22.4 Å². The Balaban J connectivity index is 2.03. The first-order valence-electron chi connectivity index (χ1n) is 13.0. The van der Waals surface area contributed by atoms with Crippen LogP contribution in [0.2, 0.25) is 0 Å². The number of halogens is 1. The number of hydrogen-bond acceptors (Lipinski definition) is 4. The van der Waals surface area contributed by atoms with Crippen molar-refractivity contribution in [2.45, 2.75) is 45.7 Å². The molecule has 0 heterocycles. The van der Waals surface area contributed by atoms with Gasteiger partial charge in [-0.3, -0.25) is 13.9 Å². The van der Waals surface area contributed by atoms with Gasteiger partial charge in [0, 0.05) is 19.5 Å². The van der Waals surface area contributed by atoms with E-state index in [-0.39, 0.29) is 18.9 Å². The SMILES string of the molecule is CCCCNC(=O)C(Cc1ccccc1)N(Cc1ccc(F)cc1)C(=O)CN(c1ccccc1C)S(C)(=O)=O. The molecule has 208 valence electrons. The van der Waals surface area contributed by atoms with Gasteiger partial charge in [-0.1, -0.05) is 74.0 Å². The third kappa shape index (κ3) is 8.64. The third-order valence-corrected chi connectivity index (χ3v) is 7.56. The summed E-state index contributed by atoms with van der Waals surface area (Å²) < 4.78 is 40.4. The van der Waals surface area contributed by atoms with Crippen molar-refractivity contribution >= 4 is 27.5 Å². The van der Waals surface area contributed by atoms with Gasteiger partial charge in [-0.05, 0) is 48.2 Å². The van der Waals surface area contributed by atoms with Crippen LogP contribution in [0.25, 0.3) is 0 Å². The van der Waals surface area contributed by atoms with Gasteiger partial charge in [-0.15, -0.1) is 0 Å². The van der Waals surface area contributed by atoms with Gasteiger partial charge in [0.05, 0.1) is 11.9 Å². The number of nitrogens with zero attached hydrogens (tertiary/aromatic N) is 2. The van der Waals surface area contributed by atoms with Crippen LogP contribution >= 0.6 is 0 Å². The maximum absolute atomic E-state index is 14.0. The minimum Gasteiger partial charge on any atom is -0.354 e. The Hall–Kier alpha value is -3.72. The number of sulfonamides is 1. The molecule has 0 aliphatic rings. The topological polar surface area (TPSA) is 86.8 Å². The summed E-state index contributed by atoms with van der Waals surface area (Å²) >= 11 is 0. The fourth-order valence-corrected chi connectivity index (χ4v) is 5.19. The average Bonchev–Trinajstić information content (AvgIpc) is 2.91. The quantitative estimate of drug-likeness (QED) is 0.317. The summed E-state index contributed by atoms with van der Waals surface area (Å²) in [5, 5.41) is 2.93. The van der Waals surface area contributed by atoms with Crippen molar-refractivity contribution in [2.75, 3.05) is 23.7 Å². The van der Waals surface area contributed by atoms with Crippen molar-refractivity contribution in [2.24, 2.45) is 0 Å². The second-order valence-corrected chi connectivity index (χ2v) is 11.5. The van der Waals surface area contributed by atoms with Crippen LogP contribution in [-0.2, 0) is 32.6 Å². The first-order valence-corrected chi connectivity index (χ1v) is 14.8. The lowest BCUT2D eigenvalue weighted by Gasteiger charge is -2.33. The van der Waals surface area contributed by atoms with Gasteiger partial charge in [0.15, 0.2) is 0 Å². The Morgan fingerprint density at radius 1 is 0.923 bits per heavy atom. The molecular weight excluding hydrogens is 517 g/mol. The van der Waals surface area contributed by atoms with Gasteiger partial charge < -0.3 is 10.2 Å². The van der Waals surface area contributed by atoms with Gasteiger partial charge in [0.25, 0.3) is 0 Å². The summed E-state index contributed by atoms with van der Waals surface area (Å²) in [7, 11) is -3.83. The maximum Gasteiger partial charge on any atom is 0.244 e. The van der Waals surface area contributed by atoms with E-state index in [1.807, 2.05) is 37.3 Å². The first kappa shape index (κ1) is 29.8. The highest BCUT2D eigenvalue weighted by atomic mass is 32.2. The zero-order chi connectivity index (χ0) is 28.4. The Morgan fingerprint density at radius 3 is 2.18 bits per heavy atom. The molecule has 0 spiro atoms. The van der Waals surface area contributed by atoms with Crippen molar-refractivity contribution in [1.29, 1.82) is 0 Å². The van der Waals surface area contributed by atoms with E-state index in [2.05, 4.69) is 5.32 Å². The van der Waals surface area contributed by atoms with E-state index in [4.69, 9.17) is 0 Å². The fourth-order valence-electron chi connectivity index (χ4n) is 4.28. The summed E-state index contributed by atoms with van der Waals surface area (Å²) in [4.78, 5) is 28.9. The van der Waals surface area contributed by atoms with Crippen LogP contribution in [0, 0.1) is 12.7 Å². The molecule has 0 saturated heterocycles. The fraction of sp³-hybridized carbons (Fsp3) is 0.333. The molecule has 39 heavy (non-hydrogen) atoms. The zero-order valence-corrected chi connectivity index (χ0v) is 23.5. The van der Waals surface area contributed by atoms with E-state index in [1.165, 1.54) is 17.0 Å². The van der Waals surface area contributed by atoms with Crippen LogP contribution in [0.4, 0.5) is 10.1 Å². The van der Waals surface area contributed by atoms with Gasteiger partial charge in [0.1, 0.15) is 18.4 Å². The van der Waals surface area contributed by atoms with Crippen LogP contribution in [0.1, 0.15) is 36.5 Å². The van der Waals surface area contributed by atoms with Crippen molar-refractivity contribution in [3.8, 4) is 0 Å². The Morgan fingerprint density at radius 2 is 1.56 bits per heavy atom. The van der Waals surface area contributed by atoms with Gasteiger partial charge >= 0.3 is 0 Å². The summed E-state index contributed by atoms with van der Waals surface area (Å²) in [6.07, 6.45) is 2.96. The maximum atomic E-state index is 14.0. The number of carbonyl (C=O) groups excluding carboxylic acids is 2. The monoisotopic (exact) mass is 553 g/mol. The second kappa shape index (κ2) is 13.9. The third-order valence-electron chi connectivity index (χ3n) is 6.43. The normalized spacial score (nSPS) is 12.0. The molecule has 0 aliphatic carbocycles. The highest BCUT2D eigenvalue weighted by Crippen LogP contribution is 2.23. The molecular formula is C30H36FN3O4S. The molecule has 1 N–H and O–H groups in total. The number of amides is 2.